The van der Waals surface area contributed by atoms with Gasteiger partial charge in [-0.05, 0) is 40.0 Å². The Morgan fingerprint density at radius 2 is 2.20 bits per heavy atom. The number of carbonyl (C=O) groups is 2. The van der Waals surface area contributed by atoms with Crippen LogP contribution in [0.25, 0.3) is 0 Å². The molecule has 0 bridgehead atoms. The molecule has 1 rings (SSSR count). The Labute approximate surface area is 119 Å². The highest BCUT2D eigenvalue weighted by molar-refractivity contribution is 5.81. The quantitative estimate of drug-likeness (QED) is 0.703. The predicted molar refractivity (Wildman–Crippen MR) is 73.5 cm³/mol. The van der Waals surface area contributed by atoms with Gasteiger partial charge in [-0.3, -0.25) is 9.59 Å². The van der Waals surface area contributed by atoms with Crippen molar-refractivity contribution in [3.05, 3.63) is 0 Å². The van der Waals surface area contributed by atoms with E-state index in [2.05, 4.69) is 5.32 Å². The topological polar surface area (TPSA) is 84.9 Å². The molecule has 0 radical (unpaired) electrons. The van der Waals surface area contributed by atoms with Crippen molar-refractivity contribution < 1.29 is 24.2 Å². The Balaban J connectivity index is 2.30. The molecule has 1 heterocycles. The van der Waals surface area contributed by atoms with E-state index in [-0.39, 0.29) is 18.4 Å². The SMILES string of the molecule is CC(OCC1CCCO1)C(=O)NC(C)(C)CCC(=O)O. The first-order valence-corrected chi connectivity index (χ1v) is 7.07. The molecule has 0 saturated carbocycles. The van der Waals surface area contributed by atoms with Crippen LogP contribution in [0.1, 0.15) is 46.5 Å². The van der Waals surface area contributed by atoms with Crippen molar-refractivity contribution in [1.82, 2.24) is 5.32 Å². The predicted octanol–water partition coefficient (Wildman–Crippen LogP) is 1.33. The van der Waals surface area contributed by atoms with Gasteiger partial charge < -0.3 is 19.9 Å². The second-order valence-electron chi connectivity index (χ2n) is 5.88. The average molecular weight is 287 g/mol. The summed E-state index contributed by atoms with van der Waals surface area (Å²) in [5.74, 6) is -1.09. The number of carboxylic acids is 1. The van der Waals surface area contributed by atoms with E-state index >= 15 is 0 Å². The van der Waals surface area contributed by atoms with Gasteiger partial charge in [-0.15, -0.1) is 0 Å². The molecule has 2 atom stereocenters. The molecule has 2 unspecified atom stereocenters. The van der Waals surface area contributed by atoms with Gasteiger partial charge in [0, 0.05) is 18.6 Å². The van der Waals surface area contributed by atoms with Crippen molar-refractivity contribution in [3.8, 4) is 0 Å². The van der Waals surface area contributed by atoms with Crippen LogP contribution in [-0.4, -0.2) is 47.9 Å². The van der Waals surface area contributed by atoms with Crippen LogP contribution in [0.2, 0.25) is 0 Å². The van der Waals surface area contributed by atoms with Crippen LogP contribution in [0.5, 0.6) is 0 Å². The van der Waals surface area contributed by atoms with Gasteiger partial charge in [0.25, 0.3) is 0 Å². The van der Waals surface area contributed by atoms with Gasteiger partial charge >= 0.3 is 5.97 Å². The zero-order valence-electron chi connectivity index (χ0n) is 12.5. The summed E-state index contributed by atoms with van der Waals surface area (Å²) in [6.07, 6.45) is 1.94. The second kappa shape index (κ2) is 7.59. The molecule has 1 fully saturated rings. The van der Waals surface area contributed by atoms with E-state index in [0.717, 1.165) is 19.4 Å². The molecule has 1 saturated heterocycles. The van der Waals surface area contributed by atoms with Crippen molar-refractivity contribution in [1.29, 1.82) is 0 Å². The highest BCUT2D eigenvalue weighted by Crippen LogP contribution is 2.14. The Bertz CT molecular complexity index is 336. The molecule has 2 N–H and O–H groups in total. The number of rotatable bonds is 8. The van der Waals surface area contributed by atoms with Crippen LogP contribution in [0, 0.1) is 0 Å². The summed E-state index contributed by atoms with van der Waals surface area (Å²) in [4.78, 5) is 22.5. The largest absolute Gasteiger partial charge is 0.481 e. The fourth-order valence-electron chi connectivity index (χ4n) is 2.02. The molecule has 20 heavy (non-hydrogen) atoms. The molecule has 116 valence electrons. The number of aliphatic carboxylic acids is 1. The summed E-state index contributed by atoms with van der Waals surface area (Å²) in [5, 5.41) is 11.5. The van der Waals surface area contributed by atoms with E-state index in [9.17, 15) is 9.59 Å². The first-order valence-electron chi connectivity index (χ1n) is 7.07. The second-order valence-corrected chi connectivity index (χ2v) is 5.88. The third-order valence-electron chi connectivity index (χ3n) is 3.35. The maximum atomic E-state index is 12.0. The first kappa shape index (κ1) is 16.9. The summed E-state index contributed by atoms with van der Waals surface area (Å²) >= 11 is 0. The van der Waals surface area contributed by atoms with E-state index in [1.54, 1.807) is 20.8 Å². The lowest BCUT2D eigenvalue weighted by Crippen LogP contribution is -2.48. The van der Waals surface area contributed by atoms with Crippen molar-refractivity contribution in [2.45, 2.75) is 64.2 Å². The summed E-state index contributed by atoms with van der Waals surface area (Å²) in [6, 6.07) is 0. The van der Waals surface area contributed by atoms with Crippen molar-refractivity contribution >= 4 is 11.9 Å². The normalized spacial score (nSPS) is 20.6. The molecule has 6 heteroatoms. The Kier molecular flexibility index (Phi) is 6.42. The maximum absolute atomic E-state index is 12.0. The van der Waals surface area contributed by atoms with Crippen LogP contribution in [0.3, 0.4) is 0 Å². The fourth-order valence-corrected chi connectivity index (χ4v) is 2.02. The van der Waals surface area contributed by atoms with E-state index in [0.29, 0.717) is 13.0 Å². The molecule has 1 aliphatic rings. The summed E-state index contributed by atoms with van der Waals surface area (Å²) in [7, 11) is 0. The Morgan fingerprint density at radius 1 is 1.50 bits per heavy atom. The van der Waals surface area contributed by atoms with Crippen LogP contribution in [-0.2, 0) is 19.1 Å². The van der Waals surface area contributed by atoms with E-state index in [1.807, 2.05) is 0 Å². The number of carboxylic acid groups (broad SMARTS) is 1. The number of ether oxygens (including phenoxy) is 2. The van der Waals surface area contributed by atoms with Crippen LogP contribution < -0.4 is 5.32 Å². The minimum atomic E-state index is -0.866. The minimum absolute atomic E-state index is 0.0262. The van der Waals surface area contributed by atoms with Gasteiger partial charge in [0.1, 0.15) is 6.10 Å². The molecule has 0 spiro atoms. The van der Waals surface area contributed by atoms with Gasteiger partial charge in [-0.25, -0.2) is 0 Å². The molecule has 1 amide bonds. The van der Waals surface area contributed by atoms with Gasteiger partial charge in [0.15, 0.2) is 0 Å². The van der Waals surface area contributed by atoms with Gasteiger partial charge in [-0.1, -0.05) is 0 Å². The van der Waals surface area contributed by atoms with E-state index in [4.69, 9.17) is 14.6 Å². The Morgan fingerprint density at radius 3 is 2.75 bits per heavy atom. The zero-order valence-corrected chi connectivity index (χ0v) is 12.5. The molecule has 6 nitrogen and oxygen atoms in total. The van der Waals surface area contributed by atoms with Crippen molar-refractivity contribution in [2.75, 3.05) is 13.2 Å². The first-order chi connectivity index (χ1) is 9.30. The van der Waals surface area contributed by atoms with Crippen LogP contribution in [0.4, 0.5) is 0 Å². The van der Waals surface area contributed by atoms with Crippen LogP contribution >= 0.6 is 0 Å². The van der Waals surface area contributed by atoms with Gasteiger partial charge in [0.2, 0.25) is 5.91 Å². The van der Waals surface area contributed by atoms with Crippen molar-refractivity contribution in [2.24, 2.45) is 0 Å². The lowest BCUT2D eigenvalue weighted by atomic mass is 9.98. The average Bonchev–Trinajstić information content (AvgIpc) is 2.86. The third kappa shape index (κ3) is 6.34. The maximum Gasteiger partial charge on any atom is 0.303 e. The lowest BCUT2D eigenvalue weighted by molar-refractivity contribution is -0.139. The number of hydrogen-bond acceptors (Lipinski definition) is 4. The number of nitrogens with one attached hydrogen (secondary N) is 1. The van der Waals surface area contributed by atoms with Gasteiger partial charge in [0.05, 0.1) is 12.7 Å². The highest BCUT2D eigenvalue weighted by atomic mass is 16.5. The molecule has 0 aliphatic carbocycles. The van der Waals surface area contributed by atoms with Gasteiger partial charge in [-0.2, -0.15) is 0 Å². The summed E-state index contributed by atoms with van der Waals surface area (Å²) in [5.41, 5.74) is -0.559. The molecular formula is C14H25NO5. The molecule has 1 aliphatic heterocycles. The van der Waals surface area contributed by atoms with Crippen molar-refractivity contribution in [3.63, 3.8) is 0 Å². The van der Waals surface area contributed by atoms with E-state index in [1.165, 1.54) is 0 Å². The molecular weight excluding hydrogens is 262 g/mol. The summed E-state index contributed by atoms with van der Waals surface area (Å²) in [6.45, 7) is 6.49. The third-order valence-corrected chi connectivity index (χ3v) is 3.35. The fraction of sp³-hybridized carbons (Fsp3) is 0.857. The number of amides is 1. The smallest absolute Gasteiger partial charge is 0.303 e. The number of hydrogen-bond donors (Lipinski definition) is 2. The minimum Gasteiger partial charge on any atom is -0.481 e. The monoisotopic (exact) mass is 287 g/mol. The zero-order chi connectivity index (χ0) is 15.2. The number of carbonyl (C=O) groups excluding carboxylic acids is 1. The van der Waals surface area contributed by atoms with Crippen LogP contribution in [0.15, 0.2) is 0 Å². The standard InChI is InChI=1S/C14H25NO5/c1-10(20-9-11-5-4-8-19-11)13(18)15-14(2,3)7-6-12(16)17/h10-11H,4-9H2,1-3H3,(H,15,18)(H,16,17). The lowest BCUT2D eigenvalue weighted by Gasteiger charge is -2.27. The molecule has 0 aromatic heterocycles. The molecule has 0 aromatic carbocycles. The van der Waals surface area contributed by atoms with E-state index < -0.39 is 17.6 Å². The molecule has 0 aromatic rings. The Hall–Kier alpha value is -1.14. The summed E-state index contributed by atoms with van der Waals surface area (Å²) < 4.78 is 10.9. The highest BCUT2D eigenvalue weighted by Gasteiger charge is 2.25.